The Hall–Kier alpha value is -0.610. The fraction of sp³-hybridized carbons (Fsp3) is 0.933. The third-order valence-electron chi connectivity index (χ3n) is 3.81. The monoisotopic (exact) mass is 271 g/mol. The Labute approximate surface area is 117 Å². The molecule has 2 unspecified atom stereocenters. The number of ether oxygens (including phenoxy) is 1. The van der Waals surface area contributed by atoms with Crippen molar-refractivity contribution in [1.82, 2.24) is 4.90 Å². The first-order chi connectivity index (χ1) is 8.75. The van der Waals surface area contributed by atoms with E-state index in [1.54, 1.807) is 6.92 Å². The summed E-state index contributed by atoms with van der Waals surface area (Å²) in [5.41, 5.74) is 0.101. The van der Waals surface area contributed by atoms with Crippen LogP contribution in [-0.4, -0.2) is 46.3 Å². The number of hydrogen-bond donors (Lipinski definition) is 1. The Morgan fingerprint density at radius 2 is 2.05 bits per heavy atom. The molecule has 0 aromatic heterocycles. The van der Waals surface area contributed by atoms with Crippen LogP contribution in [0.1, 0.15) is 60.3 Å². The zero-order valence-electron chi connectivity index (χ0n) is 13.0. The molecule has 1 rings (SSSR count). The van der Waals surface area contributed by atoms with Crippen LogP contribution in [0.5, 0.6) is 0 Å². The Kier molecular flexibility index (Phi) is 5.81. The number of likely N-dealkylation sites (tertiary alicyclic amines) is 1. The summed E-state index contributed by atoms with van der Waals surface area (Å²) in [6, 6.07) is 0.902. The normalized spacial score (nSPS) is 26.4. The van der Waals surface area contributed by atoms with Gasteiger partial charge < -0.3 is 9.84 Å². The molecule has 1 saturated heterocycles. The van der Waals surface area contributed by atoms with E-state index in [4.69, 9.17) is 4.74 Å². The molecule has 1 fully saturated rings. The molecule has 0 spiro atoms. The second-order valence-electron chi connectivity index (χ2n) is 6.56. The van der Waals surface area contributed by atoms with Crippen molar-refractivity contribution in [2.24, 2.45) is 0 Å². The van der Waals surface area contributed by atoms with Crippen molar-refractivity contribution < 1.29 is 14.6 Å². The predicted octanol–water partition coefficient (Wildman–Crippen LogP) is 2.34. The number of aliphatic hydroxyl groups is 1. The summed E-state index contributed by atoms with van der Waals surface area (Å²) < 4.78 is 4.88. The van der Waals surface area contributed by atoms with E-state index in [9.17, 15) is 9.90 Å². The van der Waals surface area contributed by atoms with Crippen molar-refractivity contribution >= 4 is 5.97 Å². The van der Waals surface area contributed by atoms with E-state index >= 15 is 0 Å². The van der Waals surface area contributed by atoms with Gasteiger partial charge in [0.15, 0.2) is 0 Å². The summed E-state index contributed by atoms with van der Waals surface area (Å²) in [6.07, 6.45) is 2.42. The number of hydrogen-bond acceptors (Lipinski definition) is 4. The first-order valence-corrected chi connectivity index (χ1v) is 7.37. The average molecular weight is 271 g/mol. The minimum absolute atomic E-state index is 0.101. The van der Waals surface area contributed by atoms with Crippen molar-refractivity contribution in [3.63, 3.8) is 0 Å². The van der Waals surface area contributed by atoms with Crippen LogP contribution in [0.25, 0.3) is 0 Å². The molecule has 4 heteroatoms. The maximum atomic E-state index is 11.4. The molecule has 0 amide bonds. The van der Waals surface area contributed by atoms with E-state index in [0.717, 1.165) is 12.8 Å². The van der Waals surface area contributed by atoms with Gasteiger partial charge in [-0.2, -0.15) is 0 Å². The molecule has 1 aliphatic rings. The van der Waals surface area contributed by atoms with E-state index in [0.29, 0.717) is 25.1 Å². The lowest BCUT2D eigenvalue weighted by Gasteiger charge is -2.40. The summed E-state index contributed by atoms with van der Waals surface area (Å²) in [6.45, 7) is 11.0. The lowest BCUT2D eigenvalue weighted by molar-refractivity contribution is -0.145. The van der Waals surface area contributed by atoms with Gasteiger partial charge in [-0.25, -0.2) is 0 Å². The quantitative estimate of drug-likeness (QED) is 0.780. The number of nitrogens with zero attached hydrogens (tertiary/aromatic N) is 1. The molecule has 0 bridgehead atoms. The Balaban J connectivity index is 2.53. The van der Waals surface area contributed by atoms with Crippen LogP contribution in [0.15, 0.2) is 0 Å². The molecule has 0 aromatic rings. The van der Waals surface area contributed by atoms with Crippen LogP contribution < -0.4 is 0 Å². The van der Waals surface area contributed by atoms with Gasteiger partial charge in [-0.3, -0.25) is 9.69 Å². The van der Waals surface area contributed by atoms with Gasteiger partial charge in [0.2, 0.25) is 0 Å². The zero-order valence-corrected chi connectivity index (χ0v) is 13.0. The molecule has 1 heterocycles. The second-order valence-corrected chi connectivity index (χ2v) is 6.56. The van der Waals surface area contributed by atoms with E-state index in [1.807, 2.05) is 0 Å². The molecule has 3 atom stereocenters. The van der Waals surface area contributed by atoms with Crippen molar-refractivity contribution in [2.45, 2.75) is 84.0 Å². The third-order valence-corrected chi connectivity index (χ3v) is 3.81. The molecule has 0 saturated carbocycles. The summed E-state index contributed by atoms with van der Waals surface area (Å²) >= 11 is 0. The van der Waals surface area contributed by atoms with Crippen LogP contribution in [0.2, 0.25) is 0 Å². The topological polar surface area (TPSA) is 49.8 Å². The Morgan fingerprint density at radius 3 is 2.58 bits per heavy atom. The largest absolute Gasteiger partial charge is 0.466 e. The van der Waals surface area contributed by atoms with Gasteiger partial charge in [-0.1, -0.05) is 0 Å². The summed E-state index contributed by atoms with van der Waals surface area (Å²) in [4.78, 5) is 13.8. The minimum atomic E-state index is -0.598. The zero-order chi connectivity index (χ0) is 14.6. The van der Waals surface area contributed by atoms with Gasteiger partial charge in [-0.05, 0) is 53.9 Å². The van der Waals surface area contributed by atoms with Crippen molar-refractivity contribution in [3.05, 3.63) is 0 Å². The highest BCUT2D eigenvalue weighted by atomic mass is 16.5. The molecule has 0 radical (unpaired) electrons. The molecule has 19 heavy (non-hydrogen) atoms. The molecule has 1 N–H and O–H groups in total. The van der Waals surface area contributed by atoms with Crippen LogP contribution in [0, 0.1) is 0 Å². The lowest BCUT2D eigenvalue weighted by Crippen LogP contribution is -2.49. The number of aliphatic hydroxyl groups excluding tert-OH is 1. The molecule has 112 valence electrons. The fourth-order valence-electron chi connectivity index (χ4n) is 3.32. The Morgan fingerprint density at radius 1 is 1.42 bits per heavy atom. The number of carbonyl (C=O) groups is 1. The van der Waals surface area contributed by atoms with Crippen molar-refractivity contribution in [3.8, 4) is 0 Å². The van der Waals surface area contributed by atoms with Gasteiger partial charge in [-0.15, -0.1) is 0 Å². The highest BCUT2D eigenvalue weighted by molar-refractivity contribution is 5.69. The highest BCUT2D eigenvalue weighted by Gasteiger charge is 2.38. The molecule has 1 aliphatic heterocycles. The first-order valence-electron chi connectivity index (χ1n) is 7.37. The fourth-order valence-corrected chi connectivity index (χ4v) is 3.32. The van der Waals surface area contributed by atoms with Crippen LogP contribution >= 0.6 is 0 Å². The second kappa shape index (κ2) is 6.71. The van der Waals surface area contributed by atoms with E-state index in [-0.39, 0.29) is 17.9 Å². The number of esters is 1. The van der Waals surface area contributed by atoms with Gasteiger partial charge >= 0.3 is 5.97 Å². The van der Waals surface area contributed by atoms with Gasteiger partial charge in [0.1, 0.15) is 0 Å². The smallest absolute Gasteiger partial charge is 0.308 e. The average Bonchev–Trinajstić information content (AvgIpc) is 2.58. The van der Waals surface area contributed by atoms with Gasteiger partial charge in [0, 0.05) is 17.6 Å². The molecule has 4 nitrogen and oxygen atoms in total. The summed E-state index contributed by atoms with van der Waals surface area (Å²) in [5.74, 6) is -0.302. The molecule has 0 aromatic carbocycles. The summed E-state index contributed by atoms with van der Waals surface area (Å²) in [7, 11) is 0. The van der Waals surface area contributed by atoms with E-state index in [1.165, 1.54) is 0 Å². The minimum Gasteiger partial charge on any atom is -0.466 e. The maximum Gasteiger partial charge on any atom is 0.308 e. The van der Waals surface area contributed by atoms with E-state index < -0.39 is 6.10 Å². The molecular weight excluding hydrogens is 242 g/mol. The number of carbonyl (C=O) groups excluding carboxylic acids is 1. The van der Waals surface area contributed by atoms with Gasteiger partial charge in [0.25, 0.3) is 0 Å². The van der Waals surface area contributed by atoms with Crippen LogP contribution in [0.3, 0.4) is 0 Å². The third kappa shape index (κ3) is 4.77. The SMILES string of the molecule is CCOC(=O)CC(O)CC1CC[C@H](C)N1C(C)(C)C. The molecular formula is C15H29NO3. The predicted molar refractivity (Wildman–Crippen MR) is 75.9 cm³/mol. The van der Waals surface area contributed by atoms with Crippen molar-refractivity contribution in [2.75, 3.05) is 6.61 Å². The standard InChI is InChI=1S/C15H29NO3/c1-6-19-14(18)10-13(17)9-12-8-7-11(2)16(12)15(3,4)5/h11-13,17H,6-10H2,1-5H3/t11-,12?,13?/m0/s1. The van der Waals surface area contributed by atoms with Gasteiger partial charge in [0.05, 0.1) is 19.1 Å². The Bertz CT molecular complexity index is 298. The summed E-state index contributed by atoms with van der Waals surface area (Å²) in [5, 5.41) is 10.0. The number of rotatable bonds is 5. The maximum absolute atomic E-state index is 11.4. The van der Waals surface area contributed by atoms with Crippen molar-refractivity contribution in [1.29, 1.82) is 0 Å². The first kappa shape index (κ1) is 16.4. The van der Waals surface area contributed by atoms with Crippen LogP contribution in [0.4, 0.5) is 0 Å². The highest BCUT2D eigenvalue weighted by Crippen LogP contribution is 2.33. The van der Waals surface area contributed by atoms with Crippen LogP contribution in [-0.2, 0) is 9.53 Å². The van der Waals surface area contributed by atoms with E-state index in [2.05, 4.69) is 32.6 Å². The molecule has 0 aliphatic carbocycles. The lowest BCUT2D eigenvalue weighted by atomic mass is 9.99.